The number of nitrogens with two attached hydrogens (primary N) is 1. The van der Waals surface area contributed by atoms with E-state index in [1.807, 2.05) is 4.90 Å². The molecule has 16 heavy (non-hydrogen) atoms. The van der Waals surface area contributed by atoms with E-state index in [1.54, 1.807) is 0 Å². The number of ether oxygens (including phenoxy) is 1. The lowest BCUT2D eigenvalue weighted by atomic mass is 10.2. The minimum Gasteiger partial charge on any atom is -0.377 e. The molecule has 1 saturated heterocycles. The van der Waals surface area contributed by atoms with Crippen LogP contribution in [0, 0.1) is 0 Å². The first-order chi connectivity index (χ1) is 7.74. The van der Waals surface area contributed by atoms with E-state index in [0.717, 1.165) is 0 Å². The quantitative estimate of drug-likeness (QED) is 0.739. The number of halogens is 1. The highest BCUT2D eigenvalue weighted by atomic mass is 35.5. The van der Waals surface area contributed by atoms with E-state index in [1.165, 1.54) is 6.33 Å². The molecule has 88 valence electrons. The zero-order chi connectivity index (χ0) is 11.5. The molecule has 2 heterocycles. The predicted molar refractivity (Wildman–Crippen MR) is 60.9 cm³/mol. The minimum atomic E-state index is -0.339. The molecular formula is C9H13ClN4O2. The lowest BCUT2D eigenvalue weighted by Gasteiger charge is -2.35. The molecule has 1 aliphatic rings. The van der Waals surface area contributed by atoms with Crippen molar-refractivity contribution in [2.75, 3.05) is 31.2 Å². The maximum Gasteiger partial charge on any atom is 0.271 e. The van der Waals surface area contributed by atoms with Crippen LogP contribution in [0.25, 0.3) is 0 Å². The molecule has 6 nitrogen and oxygen atoms in total. The van der Waals surface area contributed by atoms with Crippen molar-refractivity contribution >= 4 is 17.4 Å². The van der Waals surface area contributed by atoms with Gasteiger partial charge in [0.15, 0.2) is 5.82 Å². The first-order valence-corrected chi connectivity index (χ1v) is 5.39. The van der Waals surface area contributed by atoms with E-state index in [0.29, 0.717) is 32.1 Å². The van der Waals surface area contributed by atoms with Crippen LogP contribution in [0.3, 0.4) is 0 Å². The highest BCUT2D eigenvalue weighted by molar-refractivity contribution is 6.32. The third kappa shape index (κ3) is 2.04. The van der Waals surface area contributed by atoms with Crippen molar-refractivity contribution in [2.45, 2.75) is 6.04 Å². The highest BCUT2D eigenvalue weighted by Gasteiger charge is 2.25. The van der Waals surface area contributed by atoms with Gasteiger partial charge >= 0.3 is 0 Å². The number of H-pyrrole nitrogens is 1. The molecule has 1 unspecified atom stereocenters. The van der Waals surface area contributed by atoms with Gasteiger partial charge in [0.05, 0.1) is 25.6 Å². The van der Waals surface area contributed by atoms with E-state index < -0.39 is 0 Å². The third-order valence-electron chi connectivity index (χ3n) is 2.55. The van der Waals surface area contributed by atoms with Gasteiger partial charge in [0.2, 0.25) is 0 Å². The number of nitrogens with one attached hydrogen (secondary N) is 1. The fraction of sp³-hybridized carbons (Fsp3) is 0.556. The molecule has 2 rings (SSSR count). The van der Waals surface area contributed by atoms with Gasteiger partial charge in [-0.2, -0.15) is 0 Å². The Labute approximate surface area is 97.4 Å². The first-order valence-electron chi connectivity index (χ1n) is 5.01. The average molecular weight is 245 g/mol. The Morgan fingerprint density at radius 1 is 1.75 bits per heavy atom. The van der Waals surface area contributed by atoms with Gasteiger partial charge in [0, 0.05) is 13.1 Å². The smallest absolute Gasteiger partial charge is 0.271 e. The van der Waals surface area contributed by atoms with Crippen LogP contribution in [-0.4, -0.2) is 42.3 Å². The van der Waals surface area contributed by atoms with E-state index in [4.69, 9.17) is 22.1 Å². The molecule has 0 spiro atoms. The summed E-state index contributed by atoms with van der Waals surface area (Å²) in [6.07, 6.45) is 1.34. The number of rotatable bonds is 2. The van der Waals surface area contributed by atoms with Gasteiger partial charge in [-0.25, -0.2) is 4.98 Å². The summed E-state index contributed by atoms with van der Waals surface area (Å²) >= 11 is 5.92. The lowest BCUT2D eigenvalue weighted by Crippen LogP contribution is -2.50. The van der Waals surface area contributed by atoms with Crippen LogP contribution in [0.15, 0.2) is 11.1 Å². The molecule has 0 radical (unpaired) electrons. The Bertz CT molecular complexity index is 422. The van der Waals surface area contributed by atoms with Gasteiger partial charge in [-0.3, -0.25) is 4.79 Å². The van der Waals surface area contributed by atoms with E-state index in [-0.39, 0.29) is 16.6 Å². The monoisotopic (exact) mass is 244 g/mol. The SMILES string of the molecule is NCC1COCCN1c1nc[nH]c(=O)c1Cl. The van der Waals surface area contributed by atoms with Crippen LogP contribution in [0.2, 0.25) is 5.02 Å². The van der Waals surface area contributed by atoms with Crippen LogP contribution in [0.4, 0.5) is 5.82 Å². The third-order valence-corrected chi connectivity index (χ3v) is 2.89. The zero-order valence-corrected chi connectivity index (χ0v) is 9.41. The van der Waals surface area contributed by atoms with Crippen molar-refractivity contribution in [1.29, 1.82) is 0 Å². The van der Waals surface area contributed by atoms with Gasteiger partial charge in [-0.15, -0.1) is 0 Å². The van der Waals surface area contributed by atoms with E-state index in [9.17, 15) is 4.79 Å². The standard InChI is InChI=1S/C9H13ClN4O2/c10-7-8(12-5-13-9(7)15)14-1-2-16-4-6(14)3-11/h5-6H,1-4,11H2,(H,12,13,15). The van der Waals surface area contributed by atoms with Crippen molar-refractivity contribution in [2.24, 2.45) is 5.73 Å². The number of aromatic amines is 1. The summed E-state index contributed by atoms with van der Waals surface area (Å²) in [6.45, 7) is 2.19. The molecule has 0 amide bonds. The van der Waals surface area contributed by atoms with Crippen LogP contribution < -0.4 is 16.2 Å². The van der Waals surface area contributed by atoms with Gasteiger partial charge in [0.25, 0.3) is 5.56 Å². The Morgan fingerprint density at radius 2 is 2.56 bits per heavy atom. The highest BCUT2D eigenvalue weighted by Crippen LogP contribution is 2.21. The molecule has 1 aliphatic heterocycles. The molecule has 1 atom stereocenters. The summed E-state index contributed by atoms with van der Waals surface area (Å²) in [5.74, 6) is 0.476. The number of anilines is 1. The number of nitrogens with zero attached hydrogens (tertiary/aromatic N) is 2. The maximum atomic E-state index is 11.4. The van der Waals surface area contributed by atoms with Crippen molar-refractivity contribution in [3.63, 3.8) is 0 Å². The van der Waals surface area contributed by atoms with Gasteiger partial charge in [-0.05, 0) is 0 Å². The first kappa shape index (κ1) is 11.4. The van der Waals surface area contributed by atoms with Crippen LogP contribution >= 0.6 is 11.6 Å². The number of hydrogen-bond donors (Lipinski definition) is 2. The number of morpholine rings is 1. The summed E-state index contributed by atoms with van der Waals surface area (Å²) in [5.41, 5.74) is 5.30. The normalized spacial score (nSPS) is 21.1. The van der Waals surface area contributed by atoms with Crippen LogP contribution in [0.5, 0.6) is 0 Å². The largest absolute Gasteiger partial charge is 0.377 e. The predicted octanol–water partition coefficient (Wildman–Crippen LogP) is -0.413. The molecule has 0 bridgehead atoms. The maximum absolute atomic E-state index is 11.4. The zero-order valence-electron chi connectivity index (χ0n) is 8.65. The summed E-state index contributed by atoms with van der Waals surface area (Å²) in [7, 11) is 0. The van der Waals surface area contributed by atoms with Gasteiger partial charge < -0.3 is 20.4 Å². The lowest BCUT2D eigenvalue weighted by molar-refractivity contribution is 0.0958. The molecule has 0 aliphatic carbocycles. The molecule has 0 saturated carbocycles. The minimum absolute atomic E-state index is 0.0144. The molecule has 1 aromatic rings. The summed E-state index contributed by atoms with van der Waals surface area (Å²) < 4.78 is 5.32. The Balaban J connectivity index is 2.34. The second-order valence-electron chi connectivity index (χ2n) is 3.53. The van der Waals surface area contributed by atoms with Crippen molar-refractivity contribution in [1.82, 2.24) is 9.97 Å². The molecule has 1 aromatic heterocycles. The van der Waals surface area contributed by atoms with E-state index in [2.05, 4.69) is 9.97 Å². The van der Waals surface area contributed by atoms with E-state index >= 15 is 0 Å². The Hall–Kier alpha value is -1.11. The van der Waals surface area contributed by atoms with Crippen molar-refractivity contribution in [3.8, 4) is 0 Å². The summed E-state index contributed by atoms with van der Waals surface area (Å²) in [6, 6.07) is 0.0144. The second kappa shape index (κ2) is 4.82. The number of aromatic nitrogens is 2. The summed E-state index contributed by atoms with van der Waals surface area (Å²) in [5, 5.41) is 0.0999. The molecule has 0 aromatic carbocycles. The Kier molecular flexibility index (Phi) is 3.42. The topological polar surface area (TPSA) is 84.2 Å². The fourth-order valence-corrected chi connectivity index (χ4v) is 1.91. The molecule has 7 heteroatoms. The van der Waals surface area contributed by atoms with Crippen LogP contribution in [-0.2, 0) is 4.74 Å². The van der Waals surface area contributed by atoms with Crippen LogP contribution in [0.1, 0.15) is 0 Å². The second-order valence-corrected chi connectivity index (χ2v) is 3.91. The molecular weight excluding hydrogens is 232 g/mol. The summed E-state index contributed by atoms with van der Waals surface area (Å²) in [4.78, 5) is 19.8. The molecule has 3 N–H and O–H groups in total. The van der Waals surface area contributed by atoms with Crippen molar-refractivity contribution in [3.05, 3.63) is 21.7 Å². The fourth-order valence-electron chi connectivity index (χ4n) is 1.70. The Morgan fingerprint density at radius 3 is 3.31 bits per heavy atom. The number of hydrogen-bond acceptors (Lipinski definition) is 5. The molecule has 1 fully saturated rings. The van der Waals surface area contributed by atoms with Gasteiger partial charge in [-0.1, -0.05) is 11.6 Å². The van der Waals surface area contributed by atoms with Crippen molar-refractivity contribution < 1.29 is 4.74 Å². The van der Waals surface area contributed by atoms with Gasteiger partial charge in [0.1, 0.15) is 5.02 Å². The average Bonchev–Trinajstić information content (AvgIpc) is 2.33.